The Balaban J connectivity index is 1.93. The Labute approximate surface area is 165 Å². The van der Waals surface area contributed by atoms with E-state index in [-0.39, 0.29) is 18.5 Å². The highest BCUT2D eigenvalue weighted by Crippen LogP contribution is 2.36. The smallest absolute Gasteiger partial charge is 0.305 e. The molecule has 0 radical (unpaired) electrons. The van der Waals surface area contributed by atoms with E-state index in [1.807, 2.05) is 34.9 Å². The number of rotatable bonds is 7. The monoisotopic (exact) mass is 390 g/mol. The molecule has 0 unspecified atom stereocenters. The number of nitrogens with zero attached hydrogens (tertiary/aromatic N) is 2. The van der Waals surface area contributed by atoms with E-state index in [0.717, 1.165) is 21.8 Å². The van der Waals surface area contributed by atoms with Crippen molar-refractivity contribution in [2.24, 2.45) is 5.10 Å². The largest absolute Gasteiger partial charge is 0.481 e. The molecule has 8 nitrogen and oxygen atoms in total. The molecule has 2 amide bonds. The van der Waals surface area contributed by atoms with Crippen molar-refractivity contribution in [1.82, 2.24) is 15.3 Å². The van der Waals surface area contributed by atoms with Gasteiger partial charge in [0.05, 0.1) is 29.3 Å². The number of nitrogens with one attached hydrogen (secondary N) is 2. The number of aromatic nitrogens is 1. The quantitative estimate of drug-likeness (QED) is 0.188. The number of hydrogen-bond acceptors (Lipinski definition) is 5. The number of allylic oxidation sites excluding steroid dienone is 1. The molecular formula is C21H18N4O4. The third kappa shape index (κ3) is 3.04. The Morgan fingerprint density at radius 3 is 2.72 bits per heavy atom. The highest BCUT2D eigenvalue weighted by atomic mass is 16.4. The van der Waals surface area contributed by atoms with Gasteiger partial charge in [0.2, 0.25) is 0 Å². The van der Waals surface area contributed by atoms with E-state index in [1.54, 1.807) is 6.08 Å². The Bertz CT molecular complexity index is 1220. The fourth-order valence-electron chi connectivity index (χ4n) is 3.69. The van der Waals surface area contributed by atoms with Crippen LogP contribution in [-0.4, -0.2) is 40.2 Å². The molecule has 29 heavy (non-hydrogen) atoms. The van der Waals surface area contributed by atoms with Gasteiger partial charge in [-0.05, 0) is 12.1 Å². The SMILES string of the molecule is C=CCn1c2ccccc2c2c3c(c(/C=N/NCCC(=O)O)cc21)C(=O)NC3=O. The van der Waals surface area contributed by atoms with Crippen LogP contribution in [0.5, 0.6) is 0 Å². The number of imide groups is 1. The minimum atomic E-state index is -0.936. The van der Waals surface area contributed by atoms with Gasteiger partial charge in [0.1, 0.15) is 0 Å². The number of carboxylic acids is 1. The summed E-state index contributed by atoms with van der Waals surface area (Å²) in [5.74, 6) is -1.85. The van der Waals surface area contributed by atoms with Crippen molar-refractivity contribution in [3.63, 3.8) is 0 Å². The Morgan fingerprint density at radius 2 is 1.97 bits per heavy atom. The van der Waals surface area contributed by atoms with Gasteiger partial charge >= 0.3 is 5.97 Å². The molecule has 8 heteroatoms. The second-order valence-corrected chi connectivity index (χ2v) is 6.62. The number of fused-ring (bicyclic) bond motifs is 5. The number of hydrogen-bond donors (Lipinski definition) is 3. The average molecular weight is 390 g/mol. The Hall–Kier alpha value is -3.94. The van der Waals surface area contributed by atoms with Crippen LogP contribution >= 0.6 is 0 Å². The molecule has 0 saturated carbocycles. The molecular weight excluding hydrogens is 372 g/mol. The summed E-state index contributed by atoms with van der Waals surface area (Å²) in [4.78, 5) is 35.7. The van der Waals surface area contributed by atoms with Gasteiger partial charge < -0.3 is 15.1 Å². The summed E-state index contributed by atoms with van der Waals surface area (Å²) in [6, 6.07) is 9.51. The molecule has 1 aliphatic rings. The lowest BCUT2D eigenvalue weighted by Gasteiger charge is -2.07. The molecule has 3 aromatic rings. The first-order valence-electron chi connectivity index (χ1n) is 9.05. The first-order chi connectivity index (χ1) is 14.0. The van der Waals surface area contributed by atoms with Gasteiger partial charge in [-0.25, -0.2) is 0 Å². The molecule has 4 rings (SSSR count). The summed E-state index contributed by atoms with van der Waals surface area (Å²) in [6.45, 7) is 4.50. The molecule has 0 fully saturated rings. The van der Waals surface area contributed by atoms with E-state index < -0.39 is 17.8 Å². The molecule has 3 N–H and O–H groups in total. The lowest BCUT2D eigenvalue weighted by molar-refractivity contribution is -0.136. The fraction of sp³-hybridized carbons (Fsp3) is 0.143. The number of carboxylic acid groups (broad SMARTS) is 1. The molecule has 0 spiro atoms. The molecule has 2 heterocycles. The Kier molecular flexibility index (Phi) is 4.59. The maximum atomic E-state index is 12.6. The number of benzene rings is 2. The van der Waals surface area contributed by atoms with Crippen molar-refractivity contribution in [2.75, 3.05) is 6.54 Å². The number of aliphatic carboxylic acids is 1. The first-order valence-corrected chi connectivity index (χ1v) is 9.05. The molecule has 0 saturated heterocycles. The van der Waals surface area contributed by atoms with Crippen LogP contribution in [0.3, 0.4) is 0 Å². The molecule has 0 atom stereocenters. The third-order valence-electron chi connectivity index (χ3n) is 4.83. The fourth-order valence-corrected chi connectivity index (χ4v) is 3.69. The number of carbonyl (C=O) groups is 3. The van der Waals surface area contributed by atoms with Crippen molar-refractivity contribution < 1.29 is 19.5 Å². The molecule has 1 aromatic heterocycles. The van der Waals surface area contributed by atoms with Gasteiger partial charge in [-0.15, -0.1) is 6.58 Å². The van der Waals surface area contributed by atoms with Gasteiger partial charge in [-0.3, -0.25) is 19.7 Å². The summed E-state index contributed by atoms with van der Waals surface area (Å²) < 4.78 is 2.03. The van der Waals surface area contributed by atoms with E-state index in [2.05, 4.69) is 22.4 Å². The van der Waals surface area contributed by atoms with Crippen LogP contribution in [0.4, 0.5) is 0 Å². The van der Waals surface area contributed by atoms with Gasteiger partial charge in [0, 0.05) is 34.9 Å². The number of amides is 2. The van der Waals surface area contributed by atoms with Crippen LogP contribution < -0.4 is 10.7 Å². The summed E-state index contributed by atoms with van der Waals surface area (Å²) >= 11 is 0. The standard InChI is InChI=1S/C21H18N4O4/c1-2-9-25-14-6-4-3-5-13(14)18-15(25)10-12(11-23-22-8-7-16(26)27)17-19(18)21(29)24-20(17)28/h2-6,10-11,22H,1,7-9H2,(H,26,27)(H,24,28,29)/b23-11+. The third-order valence-corrected chi connectivity index (χ3v) is 4.83. The van der Waals surface area contributed by atoms with Gasteiger partial charge in [-0.2, -0.15) is 5.10 Å². The van der Waals surface area contributed by atoms with E-state index >= 15 is 0 Å². The minimum Gasteiger partial charge on any atom is -0.481 e. The van der Waals surface area contributed by atoms with E-state index in [0.29, 0.717) is 17.7 Å². The Morgan fingerprint density at radius 1 is 1.21 bits per heavy atom. The summed E-state index contributed by atoms with van der Waals surface area (Å²) in [7, 11) is 0. The molecule has 2 aromatic carbocycles. The summed E-state index contributed by atoms with van der Waals surface area (Å²) in [6.07, 6.45) is 3.13. The zero-order valence-corrected chi connectivity index (χ0v) is 15.4. The van der Waals surface area contributed by atoms with Gasteiger partial charge in [0.25, 0.3) is 11.8 Å². The predicted molar refractivity (Wildman–Crippen MR) is 109 cm³/mol. The van der Waals surface area contributed by atoms with Crippen LogP contribution in [0.2, 0.25) is 0 Å². The van der Waals surface area contributed by atoms with Crippen LogP contribution in [0.15, 0.2) is 48.1 Å². The minimum absolute atomic E-state index is 0.0823. The van der Waals surface area contributed by atoms with E-state index in [9.17, 15) is 14.4 Å². The summed E-state index contributed by atoms with van der Waals surface area (Å²) in [5, 5.41) is 16.7. The second kappa shape index (κ2) is 7.23. The van der Waals surface area contributed by atoms with Crippen molar-refractivity contribution >= 4 is 45.8 Å². The van der Waals surface area contributed by atoms with E-state index in [1.165, 1.54) is 6.21 Å². The van der Waals surface area contributed by atoms with Crippen molar-refractivity contribution in [3.8, 4) is 0 Å². The predicted octanol–water partition coefficient (Wildman–Crippen LogP) is 2.26. The van der Waals surface area contributed by atoms with Crippen LogP contribution in [-0.2, 0) is 11.3 Å². The maximum absolute atomic E-state index is 12.6. The van der Waals surface area contributed by atoms with Crippen LogP contribution in [0, 0.1) is 0 Å². The number of hydrazone groups is 1. The summed E-state index contributed by atoms with van der Waals surface area (Å²) in [5.41, 5.74) is 5.46. The lowest BCUT2D eigenvalue weighted by Crippen LogP contribution is -2.20. The normalized spacial score (nSPS) is 13.2. The zero-order valence-electron chi connectivity index (χ0n) is 15.4. The van der Waals surface area contributed by atoms with Crippen molar-refractivity contribution in [1.29, 1.82) is 0 Å². The molecule has 146 valence electrons. The van der Waals surface area contributed by atoms with Crippen molar-refractivity contribution in [2.45, 2.75) is 13.0 Å². The van der Waals surface area contributed by atoms with Gasteiger partial charge in [0.15, 0.2) is 0 Å². The average Bonchev–Trinajstić information content (AvgIpc) is 3.16. The molecule has 1 aliphatic heterocycles. The molecule has 0 bridgehead atoms. The van der Waals surface area contributed by atoms with Gasteiger partial charge in [-0.1, -0.05) is 24.3 Å². The van der Waals surface area contributed by atoms with Crippen LogP contribution in [0.1, 0.15) is 32.7 Å². The number of carbonyl (C=O) groups excluding carboxylic acids is 2. The van der Waals surface area contributed by atoms with Crippen LogP contribution in [0.25, 0.3) is 21.8 Å². The zero-order chi connectivity index (χ0) is 20.5. The highest BCUT2D eigenvalue weighted by Gasteiger charge is 2.33. The first kappa shape index (κ1) is 18.4. The molecule has 0 aliphatic carbocycles. The van der Waals surface area contributed by atoms with Crippen molar-refractivity contribution in [3.05, 3.63) is 59.7 Å². The topological polar surface area (TPSA) is 113 Å². The maximum Gasteiger partial charge on any atom is 0.305 e. The highest BCUT2D eigenvalue weighted by molar-refractivity contribution is 6.32. The lowest BCUT2D eigenvalue weighted by atomic mass is 9.97. The van der Waals surface area contributed by atoms with E-state index in [4.69, 9.17) is 5.11 Å². The second-order valence-electron chi connectivity index (χ2n) is 6.62. The number of para-hydroxylation sites is 1.